The molecule has 0 radical (unpaired) electrons. The van der Waals surface area contributed by atoms with E-state index in [1.54, 1.807) is 11.3 Å². The third-order valence-electron chi connectivity index (χ3n) is 2.62. The van der Waals surface area contributed by atoms with Gasteiger partial charge >= 0.3 is 0 Å². The van der Waals surface area contributed by atoms with E-state index in [1.807, 2.05) is 0 Å². The minimum absolute atomic E-state index is 0.192. The number of thiazole rings is 1. The first-order valence-corrected chi connectivity index (χ1v) is 7.09. The van der Waals surface area contributed by atoms with Crippen molar-refractivity contribution in [1.29, 1.82) is 0 Å². The zero-order valence-corrected chi connectivity index (χ0v) is 11.1. The molecule has 0 amide bonds. The van der Waals surface area contributed by atoms with Gasteiger partial charge < -0.3 is 14.8 Å². The smallest absolute Gasteiger partial charge is 0.0933 e. The molecule has 1 aliphatic rings. The molecule has 5 heteroatoms. The van der Waals surface area contributed by atoms with E-state index in [0.29, 0.717) is 13.2 Å². The molecule has 0 bridgehead atoms. The molecule has 0 aliphatic carbocycles. The summed E-state index contributed by atoms with van der Waals surface area (Å²) in [4.78, 5) is 4.52. The molecule has 0 spiro atoms. The van der Waals surface area contributed by atoms with E-state index in [0.717, 1.165) is 38.2 Å². The van der Waals surface area contributed by atoms with Gasteiger partial charge in [-0.15, -0.1) is 11.3 Å². The Kier molecular flexibility index (Phi) is 5.38. The van der Waals surface area contributed by atoms with Gasteiger partial charge in [0.1, 0.15) is 0 Å². The van der Waals surface area contributed by atoms with Gasteiger partial charge in [0.2, 0.25) is 0 Å². The minimum atomic E-state index is 0.192. The Morgan fingerprint density at radius 1 is 1.65 bits per heavy atom. The van der Waals surface area contributed by atoms with Gasteiger partial charge in [-0.1, -0.05) is 6.92 Å². The van der Waals surface area contributed by atoms with Crippen LogP contribution in [-0.2, 0) is 22.5 Å². The maximum Gasteiger partial charge on any atom is 0.0933 e. The van der Waals surface area contributed by atoms with E-state index < -0.39 is 0 Å². The number of aromatic nitrogens is 1. The molecule has 0 aromatic carbocycles. The van der Waals surface area contributed by atoms with E-state index in [1.165, 1.54) is 5.01 Å². The quantitative estimate of drug-likeness (QED) is 0.839. The van der Waals surface area contributed by atoms with Crippen LogP contribution in [0.5, 0.6) is 0 Å². The lowest BCUT2D eigenvalue weighted by Gasteiger charge is -2.23. The van der Waals surface area contributed by atoms with Crippen molar-refractivity contribution in [2.75, 3.05) is 26.3 Å². The predicted octanol–water partition coefficient (Wildman–Crippen LogP) is 1.60. The molecule has 1 atom stereocenters. The fourth-order valence-corrected chi connectivity index (χ4v) is 2.65. The summed E-state index contributed by atoms with van der Waals surface area (Å²) in [6, 6.07) is 0. The topological polar surface area (TPSA) is 43.4 Å². The van der Waals surface area contributed by atoms with Crippen LogP contribution in [0, 0.1) is 0 Å². The molecule has 1 aromatic heterocycles. The fraction of sp³-hybridized carbons (Fsp3) is 0.750. The summed E-state index contributed by atoms with van der Waals surface area (Å²) >= 11 is 1.73. The number of rotatable bonds is 6. The highest BCUT2D eigenvalue weighted by atomic mass is 32.1. The molecule has 2 rings (SSSR count). The summed E-state index contributed by atoms with van der Waals surface area (Å²) in [7, 11) is 0. The second-order valence-electron chi connectivity index (χ2n) is 4.19. The molecular formula is C12H20N2O2S. The van der Waals surface area contributed by atoms with Gasteiger partial charge in [0.25, 0.3) is 0 Å². The molecule has 1 N–H and O–H groups in total. The molecule has 96 valence electrons. The first kappa shape index (κ1) is 13.0. The lowest BCUT2D eigenvalue weighted by atomic mass is 10.3. The van der Waals surface area contributed by atoms with Crippen LogP contribution in [0.2, 0.25) is 0 Å². The van der Waals surface area contributed by atoms with Crippen molar-refractivity contribution in [2.45, 2.75) is 32.5 Å². The normalized spacial score (nSPS) is 20.6. The van der Waals surface area contributed by atoms with Crippen molar-refractivity contribution in [3.05, 3.63) is 16.1 Å². The molecule has 0 saturated carbocycles. The molecule has 1 unspecified atom stereocenters. The Balaban J connectivity index is 1.66. The van der Waals surface area contributed by atoms with E-state index in [9.17, 15) is 0 Å². The lowest BCUT2D eigenvalue weighted by molar-refractivity contribution is -0.0362. The third kappa shape index (κ3) is 4.35. The van der Waals surface area contributed by atoms with Crippen LogP contribution in [0.15, 0.2) is 5.38 Å². The van der Waals surface area contributed by atoms with Crippen molar-refractivity contribution in [1.82, 2.24) is 10.3 Å². The van der Waals surface area contributed by atoms with Gasteiger partial charge in [-0.3, -0.25) is 0 Å². The monoisotopic (exact) mass is 256 g/mol. The average molecular weight is 256 g/mol. The molecule has 2 heterocycles. The second kappa shape index (κ2) is 7.06. The van der Waals surface area contributed by atoms with Crippen LogP contribution in [0.25, 0.3) is 0 Å². The number of hydrogen-bond acceptors (Lipinski definition) is 5. The van der Waals surface area contributed by atoms with Gasteiger partial charge in [0, 0.05) is 18.5 Å². The number of hydrogen-bond donors (Lipinski definition) is 1. The van der Waals surface area contributed by atoms with Crippen molar-refractivity contribution in [3.63, 3.8) is 0 Å². The van der Waals surface area contributed by atoms with E-state index >= 15 is 0 Å². The summed E-state index contributed by atoms with van der Waals surface area (Å²) in [5, 5.41) is 6.58. The Labute approximate surface area is 106 Å². The highest BCUT2D eigenvalue weighted by Crippen LogP contribution is 2.12. The number of ether oxygens (including phenoxy) is 2. The zero-order valence-electron chi connectivity index (χ0n) is 10.3. The molecule has 1 saturated heterocycles. The first-order valence-electron chi connectivity index (χ1n) is 6.22. The van der Waals surface area contributed by atoms with Crippen molar-refractivity contribution >= 4 is 11.3 Å². The zero-order chi connectivity index (χ0) is 11.9. The van der Waals surface area contributed by atoms with E-state index in [4.69, 9.17) is 9.47 Å². The van der Waals surface area contributed by atoms with Crippen LogP contribution < -0.4 is 5.32 Å². The Morgan fingerprint density at radius 3 is 3.35 bits per heavy atom. The minimum Gasteiger partial charge on any atom is -0.373 e. The Bertz CT molecular complexity index is 324. The second-order valence-corrected chi connectivity index (χ2v) is 5.14. The van der Waals surface area contributed by atoms with E-state index in [-0.39, 0.29) is 6.10 Å². The molecular weight excluding hydrogens is 236 g/mol. The summed E-state index contributed by atoms with van der Waals surface area (Å²) < 4.78 is 11.2. The van der Waals surface area contributed by atoms with Crippen molar-refractivity contribution < 1.29 is 9.47 Å². The van der Waals surface area contributed by atoms with Gasteiger partial charge in [0.05, 0.1) is 36.6 Å². The maximum absolute atomic E-state index is 5.63. The average Bonchev–Trinajstić information content (AvgIpc) is 2.79. The van der Waals surface area contributed by atoms with Crippen molar-refractivity contribution in [2.24, 2.45) is 0 Å². The lowest BCUT2D eigenvalue weighted by Crippen LogP contribution is -2.40. The highest BCUT2D eigenvalue weighted by molar-refractivity contribution is 7.09. The Hall–Kier alpha value is -0.490. The summed E-state index contributed by atoms with van der Waals surface area (Å²) in [5.74, 6) is 0. The van der Waals surface area contributed by atoms with Crippen LogP contribution in [0.3, 0.4) is 0 Å². The van der Waals surface area contributed by atoms with Gasteiger partial charge in [0.15, 0.2) is 0 Å². The largest absolute Gasteiger partial charge is 0.373 e. The maximum atomic E-state index is 5.63. The summed E-state index contributed by atoms with van der Waals surface area (Å²) in [6.45, 7) is 6.03. The number of aryl methyl sites for hydroxylation is 1. The van der Waals surface area contributed by atoms with Crippen LogP contribution in [0.1, 0.15) is 24.0 Å². The molecule has 1 fully saturated rings. The SMILES string of the molecule is CCCc1nc(COCC2CNCCO2)cs1. The third-order valence-corrected chi connectivity index (χ3v) is 3.58. The molecule has 4 nitrogen and oxygen atoms in total. The molecule has 1 aliphatic heterocycles. The first-order chi connectivity index (χ1) is 8.38. The van der Waals surface area contributed by atoms with Crippen LogP contribution in [0.4, 0.5) is 0 Å². The Morgan fingerprint density at radius 2 is 2.59 bits per heavy atom. The van der Waals surface area contributed by atoms with Gasteiger partial charge in [-0.25, -0.2) is 4.98 Å². The highest BCUT2D eigenvalue weighted by Gasteiger charge is 2.13. The van der Waals surface area contributed by atoms with Gasteiger partial charge in [-0.2, -0.15) is 0 Å². The standard InChI is InChI=1S/C12H20N2O2S/c1-2-3-12-14-10(9-17-12)7-15-8-11-6-13-4-5-16-11/h9,11,13H,2-8H2,1H3. The molecule has 1 aromatic rings. The van der Waals surface area contributed by atoms with Crippen LogP contribution >= 0.6 is 11.3 Å². The van der Waals surface area contributed by atoms with E-state index in [2.05, 4.69) is 22.6 Å². The predicted molar refractivity (Wildman–Crippen MR) is 68.4 cm³/mol. The van der Waals surface area contributed by atoms with Gasteiger partial charge in [-0.05, 0) is 12.8 Å². The molecule has 17 heavy (non-hydrogen) atoms. The number of nitrogens with zero attached hydrogens (tertiary/aromatic N) is 1. The van der Waals surface area contributed by atoms with Crippen LogP contribution in [-0.4, -0.2) is 37.4 Å². The summed E-state index contributed by atoms with van der Waals surface area (Å²) in [6.07, 6.45) is 2.41. The summed E-state index contributed by atoms with van der Waals surface area (Å²) in [5.41, 5.74) is 1.04. The number of nitrogens with one attached hydrogen (secondary N) is 1. The van der Waals surface area contributed by atoms with Crippen molar-refractivity contribution in [3.8, 4) is 0 Å². The fourth-order valence-electron chi connectivity index (χ4n) is 1.77. The number of morpholine rings is 1.